The summed E-state index contributed by atoms with van der Waals surface area (Å²) in [5.41, 5.74) is 1.43. The van der Waals surface area contributed by atoms with Gasteiger partial charge in [-0.15, -0.1) is 0 Å². The highest BCUT2D eigenvalue weighted by Crippen LogP contribution is 2.53. The number of methoxy groups -OCH3 is 1. The second-order valence-corrected chi connectivity index (χ2v) is 14.9. The Bertz CT molecular complexity index is 1240. The van der Waals surface area contributed by atoms with Crippen molar-refractivity contribution in [2.45, 2.75) is 143 Å². The number of allylic oxidation sites excluding steroid dienone is 1. The first-order chi connectivity index (χ1) is 24.3. The lowest BCUT2D eigenvalue weighted by Gasteiger charge is -2.16. The highest BCUT2D eigenvalue weighted by molar-refractivity contribution is 5.87. The molecular formula is C45H70O6. The molecule has 51 heavy (non-hydrogen) atoms. The number of unbranched alkanes of at least 4 members (excludes halogenated alkanes) is 7. The number of ether oxygens (including phenoxy) is 2. The molecule has 0 heterocycles. The van der Waals surface area contributed by atoms with Crippen molar-refractivity contribution >= 4 is 18.0 Å². The molecule has 0 aromatic heterocycles. The number of aliphatic hydroxyl groups is 2. The third-order valence-electron chi connectivity index (χ3n) is 9.36. The van der Waals surface area contributed by atoms with E-state index in [9.17, 15) is 19.8 Å². The van der Waals surface area contributed by atoms with E-state index in [1.807, 2.05) is 70.2 Å². The predicted molar refractivity (Wildman–Crippen MR) is 212 cm³/mol. The van der Waals surface area contributed by atoms with Crippen LogP contribution in [0.4, 0.5) is 0 Å². The van der Waals surface area contributed by atoms with Crippen LogP contribution in [0.25, 0.3) is 6.08 Å². The Hall–Kier alpha value is -3.22. The summed E-state index contributed by atoms with van der Waals surface area (Å²) in [6, 6.07) is 20.1. The third-order valence-corrected chi connectivity index (χ3v) is 9.36. The molecule has 2 N–H and O–H groups in total. The van der Waals surface area contributed by atoms with Crippen molar-refractivity contribution in [2.24, 2.45) is 17.8 Å². The van der Waals surface area contributed by atoms with E-state index in [-0.39, 0.29) is 11.9 Å². The molecule has 2 aliphatic rings. The molecule has 4 unspecified atom stereocenters. The highest BCUT2D eigenvalue weighted by atomic mass is 16.5. The minimum absolute atomic E-state index is 0.259. The maximum atomic E-state index is 10.9. The summed E-state index contributed by atoms with van der Waals surface area (Å²) in [5, 5.41) is 19.5. The zero-order valence-electron chi connectivity index (χ0n) is 33.1. The average Bonchev–Trinajstić information content (AvgIpc) is 4.04. The molecule has 286 valence electrons. The van der Waals surface area contributed by atoms with Gasteiger partial charge < -0.3 is 19.7 Å². The van der Waals surface area contributed by atoms with E-state index in [0.29, 0.717) is 24.4 Å². The van der Waals surface area contributed by atoms with Gasteiger partial charge in [-0.05, 0) is 101 Å². The second kappa shape index (κ2) is 25.7. The van der Waals surface area contributed by atoms with Gasteiger partial charge in [-0.1, -0.05) is 132 Å². The first kappa shape index (κ1) is 45.8. The van der Waals surface area contributed by atoms with Gasteiger partial charge >= 0.3 is 11.9 Å². The first-order valence-corrected chi connectivity index (χ1v) is 19.4. The number of carbonyl (C=O) groups is 2. The van der Waals surface area contributed by atoms with Gasteiger partial charge in [0.05, 0.1) is 24.9 Å². The number of esters is 2. The summed E-state index contributed by atoms with van der Waals surface area (Å²) >= 11 is 0. The van der Waals surface area contributed by atoms with Gasteiger partial charge in [0.1, 0.15) is 0 Å². The summed E-state index contributed by atoms with van der Waals surface area (Å²) in [6.45, 7) is 14.3. The van der Waals surface area contributed by atoms with E-state index in [4.69, 9.17) is 4.74 Å². The standard InChI is InChI=1S/C12H16O.C12H24O.C11H12O2.C10H18O2/c1-12(2,13)11-8-10(11)9-6-4-3-5-7-9;1-4-5-6-7-8-10-9-11(10)12(2,3)13;1-2-13-11(12)9-8-10-6-4-3-5-7-10;1-3-4-5-6-7-8-9-10(11)12-2/h3-7,10-11,13H,8H2,1-2H3;10-11,13H,4-9H2,1-3H3;3-9H,2H2,1H3;8-9H,3-7H2,1-2H3/b;;2*9-8+. The lowest BCUT2D eigenvalue weighted by molar-refractivity contribution is -0.137. The lowest BCUT2D eigenvalue weighted by Crippen LogP contribution is -2.22. The van der Waals surface area contributed by atoms with E-state index in [1.165, 1.54) is 89.0 Å². The summed E-state index contributed by atoms with van der Waals surface area (Å²) < 4.78 is 9.19. The molecule has 0 radical (unpaired) electrons. The van der Waals surface area contributed by atoms with Gasteiger partial charge in [-0.3, -0.25) is 0 Å². The molecule has 4 atom stereocenters. The van der Waals surface area contributed by atoms with Gasteiger partial charge in [-0.25, -0.2) is 9.59 Å². The van der Waals surface area contributed by atoms with Crippen LogP contribution >= 0.6 is 0 Å². The molecule has 2 aromatic rings. The maximum Gasteiger partial charge on any atom is 0.330 e. The predicted octanol–water partition coefficient (Wildman–Crippen LogP) is 10.9. The number of hydrogen-bond acceptors (Lipinski definition) is 6. The molecular weight excluding hydrogens is 636 g/mol. The molecule has 2 aliphatic carbocycles. The summed E-state index contributed by atoms with van der Waals surface area (Å²) in [6.07, 6.45) is 21.6. The Balaban J connectivity index is 0.000000340. The minimum Gasteiger partial charge on any atom is -0.466 e. The van der Waals surface area contributed by atoms with Crippen molar-refractivity contribution in [2.75, 3.05) is 13.7 Å². The Kier molecular flexibility index (Phi) is 23.1. The van der Waals surface area contributed by atoms with Crippen LogP contribution in [-0.2, 0) is 19.1 Å². The molecule has 0 spiro atoms. The largest absolute Gasteiger partial charge is 0.466 e. The van der Waals surface area contributed by atoms with Crippen molar-refractivity contribution in [3.63, 3.8) is 0 Å². The van der Waals surface area contributed by atoms with Crippen molar-refractivity contribution in [3.8, 4) is 0 Å². The summed E-state index contributed by atoms with van der Waals surface area (Å²) in [4.78, 5) is 21.5. The zero-order chi connectivity index (χ0) is 38.1. The Morgan fingerprint density at radius 1 is 0.725 bits per heavy atom. The van der Waals surface area contributed by atoms with Crippen LogP contribution in [0.5, 0.6) is 0 Å². The number of carbonyl (C=O) groups excluding carboxylic acids is 2. The molecule has 2 fully saturated rings. The maximum absolute atomic E-state index is 10.9. The quantitative estimate of drug-likeness (QED) is 0.0966. The van der Waals surface area contributed by atoms with E-state index in [1.54, 1.807) is 13.0 Å². The third kappa shape index (κ3) is 22.4. The topological polar surface area (TPSA) is 93.1 Å². The van der Waals surface area contributed by atoms with Crippen LogP contribution in [0.3, 0.4) is 0 Å². The van der Waals surface area contributed by atoms with Gasteiger partial charge in [-0.2, -0.15) is 0 Å². The lowest BCUT2D eigenvalue weighted by atomic mass is 9.99. The first-order valence-electron chi connectivity index (χ1n) is 19.4. The normalized spacial score (nSPS) is 19.1. The molecule has 6 heteroatoms. The fourth-order valence-corrected chi connectivity index (χ4v) is 6.16. The fourth-order valence-electron chi connectivity index (χ4n) is 6.16. The fraction of sp³-hybridized carbons (Fsp3) is 0.600. The van der Waals surface area contributed by atoms with E-state index in [0.717, 1.165) is 24.3 Å². The van der Waals surface area contributed by atoms with Gasteiger partial charge in [0.25, 0.3) is 0 Å². The molecule has 4 rings (SSSR count). The van der Waals surface area contributed by atoms with Crippen LogP contribution in [0.2, 0.25) is 0 Å². The number of hydrogen-bond donors (Lipinski definition) is 2. The molecule has 0 saturated heterocycles. The van der Waals surface area contributed by atoms with Crippen LogP contribution in [0.1, 0.15) is 143 Å². The zero-order valence-corrected chi connectivity index (χ0v) is 33.1. The second-order valence-electron chi connectivity index (χ2n) is 14.9. The Morgan fingerprint density at radius 3 is 1.78 bits per heavy atom. The Morgan fingerprint density at radius 2 is 1.29 bits per heavy atom. The van der Waals surface area contributed by atoms with Crippen LogP contribution in [-0.4, -0.2) is 47.1 Å². The van der Waals surface area contributed by atoms with Gasteiger partial charge in [0, 0.05) is 12.2 Å². The Labute approximate surface area is 310 Å². The number of benzene rings is 2. The van der Waals surface area contributed by atoms with Crippen molar-refractivity contribution in [1.29, 1.82) is 0 Å². The molecule has 2 saturated carbocycles. The van der Waals surface area contributed by atoms with Crippen LogP contribution in [0, 0.1) is 17.8 Å². The monoisotopic (exact) mass is 707 g/mol. The minimum atomic E-state index is -0.513. The summed E-state index contributed by atoms with van der Waals surface area (Å²) in [5.74, 6) is 1.90. The van der Waals surface area contributed by atoms with E-state index < -0.39 is 11.2 Å². The SMILES string of the molecule is CC(C)(O)C1CC1c1ccccc1.CCCCCC/C=C/C(=O)OC.CCCCCCC1CC1C(C)(C)O.CCOC(=O)/C=C/c1ccccc1. The molecule has 0 amide bonds. The highest BCUT2D eigenvalue weighted by Gasteiger charge is 2.47. The van der Waals surface area contributed by atoms with Crippen molar-refractivity contribution in [1.82, 2.24) is 0 Å². The van der Waals surface area contributed by atoms with Crippen LogP contribution < -0.4 is 0 Å². The van der Waals surface area contributed by atoms with E-state index in [2.05, 4.69) is 42.8 Å². The van der Waals surface area contributed by atoms with Crippen molar-refractivity contribution in [3.05, 3.63) is 90.0 Å². The van der Waals surface area contributed by atoms with Crippen LogP contribution in [0.15, 0.2) is 78.9 Å². The molecule has 0 aliphatic heterocycles. The van der Waals surface area contributed by atoms with Crippen molar-refractivity contribution < 1.29 is 29.3 Å². The number of rotatable bonds is 17. The summed E-state index contributed by atoms with van der Waals surface area (Å²) in [7, 11) is 1.39. The molecule has 0 bridgehead atoms. The van der Waals surface area contributed by atoms with E-state index >= 15 is 0 Å². The smallest absolute Gasteiger partial charge is 0.330 e. The average molecular weight is 707 g/mol. The van der Waals surface area contributed by atoms with Gasteiger partial charge in [0.2, 0.25) is 0 Å². The molecule has 6 nitrogen and oxygen atoms in total. The van der Waals surface area contributed by atoms with Gasteiger partial charge in [0.15, 0.2) is 0 Å². The molecule has 2 aromatic carbocycles.